The SMILES string of the molecule is Cc1cc(Oc2cccc(C(F)(F)F)c2)c(N)cc1F. The van der Waals surface area contributed by atoms with Gasteiger partial charge in [0, 0.05) is 6.07 Å². The van der Waals surface area contributed by atoms with E-state index in [9.17, 15) is 17.6 Å². The van der Waals surface area contributed by atoms with Gasteiger partial charge in [0.2, 0.25) is 0 Å². The van der Waals surface area contributed by atoms with Crippen molar-refractivity contribution in [2.24, 2.45) is 0 Å². The molecular formula is C14H11F4NO. The molecule has 0 atom stereocenters. The van der Waals surface area contributed by atoms with Crippen LogP contribution in [-0.4, -0.2) is 0 Å². The Morgan fingerprint density at radius 3 is 2.45 bits per heavy atom. The van der Waals surface area contributed by atoms with Gasteiger partial charge in [-0.05, 0) is 36.8 Å². The molecule has 0 aromatic heterocycles. The van der Waals surface area contributed by atoms with Crippen LogP contribution in [0.4, 0.5) is 23.2 Å². The van der Waals surface area contributed by atoms with E-state index < -0.39 is 17.6 Å². The number of nitrogens with two attached hydrogens (primary N) is 1. The number of hydrogen-bond donors (Lipinski definition) is 1. The predicted molar refractivity (Wildman–Crippen MR) is 67.1 cm³/mol. The molecule has 0 aliphatic heterocycles. The Labute approximate surface area is 112 Å². The van der Waals surface area contributed by atoms with Crippen molar-refractivity contribution in [2.45, 2.75) is 13.1 Å². The summed E-state index contributed by atoms with van der Waals surface area (Å²) in [5, 5.41) is 0. The fourth-order valence-corrected chi connectivity index (χ4v) is 1.62. The van der Waals surface area contributed by atoms with E-state index in [-0.39, 0.29) is 17.2 Å². The lowest BCUT2D eigenvalue weighted by Gasteiger charge is -2.12. The van der Waals surface area contributed by atoms with Crippen molar-refractivity contribution < 1.29 is 22.3 Å². The Kier molecular flexibility index (Phi) is 3.57. The van der Waals surface area contributed by atoms with Crippen LogP contribution in [0.15, 0.2) is 36.4 Å². The molecule has 0 amide bonds. The number of rotatable bonds is 2. The minimum absolute atomic E-state index is 0.0162. The van der Waals surface area contributed by atoms with E-state index >= 15 is 0 Å². The highest BCUT2D eigenvalue weighted by Gasteiger charge is 2.30. The van der Waals surface area contributed by atoms with Crippen LogP contribution in [-0.2, 0) is 6.18 Å². The molecule has 0 bridgehead atoms. The van der Waals surface area contributed by atoms with Gasteiger partial charge >= 0.3 is 6.18 Å². The van der Waals surface area contributed by atoms with Crippen LogP contribution in [0.2, 0.25) is 0 Å². The van der Waals surface area contributed by atoms with Crippen LogP contribution in [0.25, 0.3) is 0 Å². The third-order valence-corrected chi connectivity index (χ3v) is 2.68. The largest absolute Gasteiger partial charge is 0.455 e. The second-order valence-electron chi connectivity index (χ2n) is 4.27. The quantitative estimate of drug-likeness (QED) is 0.650. The molecule has 0 fully saturated rings. The molecule has 106 valence electrons. The Balaban J connectivity index is 2.33. The maximum absolute atomic E-state index is 13.2. The molecule has 0 unspecified atom stereocenters. The maximum Gasteiger partial charge on any atom is 0.416 e. The highest BCUT2D eigenvalue weighted by atomic mass is 19.4. The fraction of sp³-hybridized carbons (Fsp3) is 0.143. The molecule has 2 N–H and O–H groups in total. The lowest BCUT2D eigenvalue weighted by molar-refractivity contribution is -0.137. The summed E-state index contributed by atoms with van der Waals surface area (Å²) < 4.78 is 56.2. The van der Waals surface area contributed by atoms with Crippen molar-refractivity contribution in [1.82, 2.24) is 0 Å². The molecule has 2 nitrogen and oxygen atoms in total. The number of ether oxygens (including phenoxy) is 1. The van der Waals surface area contributed by atoms with Crippen molar-refractivity contribution >= 4 is 5.69 Å². The standard InChI is InChI=1S/C14H11F4NO/c1-8-5-13(12(19)7-11(8)15)20-10-4-2-3-9(6-10)14(16,17)18/h2-7H,19H2,1H3. The fourth-order valence-electron chi connectivity index (χ4n) is 1.62. The normalized spacial score (nSPS) is 11.4. The summed E-state index contributed by atoms with van der Waals surface area (Å²) in [6, 6.07) is 6.80. The zero-order chi connectivity index (χ0) is 14.9. The van der Waals surface area contributed by atoms with Gasteiger partial charge in [-0.1, -0.05) is 6.07 Å². The highest BCUT2D eigenvalue weighted by molar-refractivity contribution is 5.56. The van der Waals surface area contributed by atoms with Crippen molar-refractivity contribution in [3.8, 4) is 11.5 Å². The lowest BCUT2D eigenvalue weighted by atomic mass is 10.2. The van der Waals surface area contributed by atoms with Crippen LogP contribution in [0, 0.1) is 12.7 Å². The Morgan fingerprint density at radius 2 is 1.80 bits per heavy atom. The number of benzene rings is 2. The molecule has 6 heteroatoms. The highest BCUT2D eigenvalue weighted by Crippen LogP contribution is 2.34. The number of nitrogen functional groups attached to an aromatic ring is 1. The summed E-state index contributed by atoms with van der Waals surface area (Å²) in [5.74, 6) is -0.403. The number of hydrogen-bond acceptors (Lipinski definition) is 2. The first-order valence-electron chi connectivity index (χ1n) is 5.68. The summed E-state index contributed by atoms with van der Waals surface area (Å²) >= 11 is 0. The Hall–Kier alpha value is -2.24. The van der Waals surface area contributed by atoms with Gasteiger partial charge < -0.3 is 10.5 Å². The first-order chi connectivity index (χ1) is 9.27. The molecular weight excluding hydrogens is 274 g/mol. The van der Waals surface area contributed by atoms with E-state index in [1.807, 2.05) is 0 Å². The topological polar surface area (TPSA) is 35.2 Å². The average Bonchev–Trinajstić information content (AvgIpc) is 2.35. The Morgan fingerprint density at radius 1 is 1.10 bits per heavy atom. The molecule has 0 saturated heterocycles. The van der Waals surface area contributed by atoms with Crippen molar-refractivity contribution in [3.05, 3.63) is 53.3 Å². The van der Waals surface area contributed by atoms with Crippen molar-refractivity contribution in [3.63, 3.8) is 0 Å². The van der Waals surface area contributed by atoms with E-state index in [0.29, 0.717) is 5.56 Å². The second-order valence-corrected chi connectivity index (χ2v) is 4.27. The minimum Gasteiger partial charge on any atom is -0.455 e. The van der Waals surface area contributed by atoms with Gasteiger partial charge in [0.15, 0.2) is 5.75 Å². The molecule has 0 aliphatic carbocycles. The van der Waals surface area contributed by atoms with Gasteiger partial charge in [0.25, 0.3) is 0 Å². The third kappa shape index (κ3) is 3.01. The summed E-state index contributed by atoms with van der Waals surface area (Å²) in [4.78, 5) is 0. The lowest BCUT2D eigenvalue weighted by Crippen LogP contribution is -2.04. The van der Waals surface area contributed by atoms with E-state index in [1.54, 1.807) is 0 Å². The van der Waals surface area contributed by atoms with E-state index in [1.165, 1.54) is 25.1 Å². The zero-order valence-corrected chi connectivity index (χ0v) is 10.5. The predicted octanol–water partition coefficient (Wildman–Crippen LogP) is 4.53. The summed E-state index contributed by atoms with van der Waals surface area (Å²) in [6.45, 7) is 1.51. The average molecular weight is 285 g/mol. The molecule has 0 radical (unpaired) electrons. The van der Waals surface area contributed by atoms with E-state index in [4.69, 9.17) is 10.5 Å². The van der Waals surface area contributed by atoms with Crippen molar-refractivity contribution in [2.75, 3.05) is 5.73 Å². The zero-order valence-electron chi connectivity index (χ0n) is 10.5. The molecule has 2 aromatic carbocycles. The summed E-state index contributed by atoms with van der Waals surface area (Å²) in [7, 11) is 0. The molecule has 0 spiro atoms. The number of aryl methyl sites for hydroxylation is 1. The third-order valence-electron chi connectivity index (χ3n) is 2.68. The molecule has 0 aliphatic rings. The van der Waals surface area contributed by atoms with Crippen LogP contribution in [0.5, 0.6) is 11.5 Å². The van der Waals surface area contributed by atoms with E-state index in [0.717, 1.165) is 18.2 Å². The molecule has 2 rings (SSSR count). The maximum atomic E-state index is 13.2. The monoisotopic (exact) mass is 285 g/mol. The van der Waals surface area contributed by atoms with Crippen LogP contribution >= 0.6 is 0 Å². The van der Waals surface area contributed by atoms with Gasteiger partial charge in [0.1, 0.15) is 11.6 Å². The smallest absolute Gasteiger partial charge is 0.416 e. The van der Waals surface area contributed by atoms with Crippen LogP contribution in [0.3, 0.4) is 0 Å². The van der Waals surface area contributed by atoms with Gasteiger partial charge in [-0.2, -0.15) is 13.2 Å². The van der Waals surface area contributed by atoms with Gasteiger partial charge in [-0.25, -0.2) is 4.39 Å². The minimum atomic E-state index is -4.45. The summed E-state index contributed by atoms with van der Waals surface area (Å²) in [5.41, 5.74) is 5.06. The van der Waals surface area contributed by atoms with E-state index in [2.05, 4.69) is 0 Å². The molecule has 0 heterocycles. The number of anilines is 1. The second kappa shape index (κ2) is 5.03. The van der Waals surface area contributed by atoms with Crippen LogP contribution < -0.4 is 10.5 Å². The molecule has 20 heavy (non-hydrogen) atoms. The molecule has 0 saturated carbocycles. The van der Waals surface area contributed by atoms with Gasteiger partial charge in [-0.3, -0.25) is 0 Å². The number of alkyl halides is 3. The first kappa shape index (κ1) is 14.2. The van der Waals surface area contributed by atoms with Crippen molar-refractivity contribution in [1.29, 1.82) is 0 Å². The van der Waals surface area contributed by atoms with Crippen LogP contribution in [0.1, 0.15) is 11.1 Å². The first-order valence-corrected chi connectivity index (χ1v) is 5.68. The van der Waals surface area contributed by atoms with Gasteiger partial charge in [0.05, 0.1) is 11.3 Å². The summed E-state index contributed by atoms with van der Waals surface area (Å²) in [6.07, 6.45) is -4.45. The molecule has 2 aromatic rings. The van der Waals surface area contributed by atoms with Gasteiger partial charge in [-0.15, -0.1) is 0 Å². The Bertz CT molecular complexity index is 638. The number of halogens is 4.